The quantitative estimate of drug-likeness (QED) is 0.659. The number of hydrogen-bond donors (Lipinski definition) is 3. The largest absolute Gasteiger partial charge is 0.327 e. The van der Waals surface area contributed by atoms with Gasteiger partial charge in [-0.05, 0) is 42.9 Å². The molecule has 2 fully saturated rings. The number of carbonyl (C=O) groups is 3. The van der Waals surface area contributed by atoms with Gasteiger partial charge in [0.15, 0.2) is 0 Å². The van der Waals surface area contributed by atoms with E-state index < -0.39 is 6.04 Å². The van der Waals surface area contributed by atoms with Crippen LogP contribution in [0.2, 0.25) is 0 Å². The van der Waals surface area contributed by atoms with Crippen molar-refractivity contribution >= 4 is 17.7 Å². The van der Waals surface area contributed by atoms with Crippen molar-refractivity contribution < 1.29 is 14.4 Å². The van der Waals surface area contributed by atoms with E-state index in [4.69, 9.17) is 5.73 Å². The average molecular weight is 384 g/mol. The second kappa shape index (κ2) is 8.01. The first-order chi connectivity index (χ1) is 13.5. The number of hydrogen-bond acceptors (Lipinski definition) is 5. The SMILES string of the molecule is NC1CCCCC1CNCc1cccc2c1C(=O)N(C1CCC(=O)NC1=O)C2. The van der Waals surface area contributed by atoms with Gasteiger partial charge in [0.1, 0.15) is 6.04 Å². The molecule has 1 saturated carbocycles. The Hall–Kier alpha value is -2.25. The number of piperidine rings is 1. The fourth-order valence-electron chi connectivity index (χ4n) is 4.72. The van der Waals surface area contributed by atoms with Crippen LogP contribution in [-0.2, 0) is 22.7 Å². The predicted octanol–water partition coefficient (Wildman–Crippen LogP) is 1.05. The van der Waals surface area contributed by atoms with Crippen LogP contribution in [0.25, 0.3) is 0 Å². The number of nitrogens with two attached hydrogens (primary N) is 1. The van der Waals surface area contributed by atoms with Gasteiger partial charge in [0.05, 0.1) is 0 Å². The van der Waals surface area contributed by atoms with Crippen molar-refractivity contribution in [2.75, 3.05) is 6.54 Å². The summed E-state index contributed by atoms with van der Waals surface area (Å²) in [6, 6.07) is 5.56. The summed E-state index contributed by atoms with van der Waals surface area (Å²) in [4.78, 5) is 38.3. The zero-order chi connectivity index (χ0) is 19.7. The molecule has 3 aliphatic rings. The van der Waals surface area contributed by atoms with Crippen molar-refractivity contribution in [3.8, 4) is 0 Å². The van der Waals surface area contributed by atoms with Gasteiger partial charge < -0.3 is 16.0 Å². The number of benzene rings is 1. The number of rotatable bonds is 5. The van der Waals surface area contributed by atoms with Gasteiger partial charge in [0.25, 0.3) is 5.91 Å². The van der Waals surface area contributed by atoms with Crippen LogP contribution in [0, 0.1) is 5.92 Å². The Morgan fingerprint density at radius 2 is 1.96 bits per heavy atom. The third-order valence-corrected chi connectivity index (χ3v) is 6.33. The number of carbonyl (C=O) groups excluding carboxylic acids is 3. The normalized spacial score (nSPS) is 27.7. The second-order valence-corrected chi connectivity index (χ2v) is 8.19. The predicted molar refractivity (Wildman–Crippen MR) is 104 cm³/mol. The van der Waals surface area contributed by atoms with Crippen molar-refractivity contribution in [1.82, 2.24) is 15.5 Å². The van der Waals surface area contributed by atoms with Gasteiger partial charge in [0, 0.05) is 31.1 Å². The maximum Gasteiger partial charge on any atom is 0.255 e. The molecule has 2 heterocycles. The molecule has 7 heteroatoms. The summed E-state index contributed by atoms with van der Waals surface area (Å²) in [6.45, 7) is 1.89. The highest BCUT2D eigenvalue weighted by molar-refractivity contribution is 6.05. The van der Waals surface area contributed by atoms with Crippen LogP contribution in [0.4, 0.5) is 0 Å². The van der Waals surface area contributed by atoms with Gasteiger partial charge in [-0.1, -0.05) is 31.0 Å². The topological polar surface area (TPSA) is 105 Å². The van der Waals surface area contributed by atoms with Gasteiger partial charge in [-0.15, -0.1) is 0 Å². The van der Waals surface area contributed by atoms with E-state index in [0.717, 1.165) is 30.5 Å². The number of nitrogens with one attached hydrogen (secondary N) is 2. The van der Waals surface area contributed by atoms with Gasteiger partial charge in [-0.2, -0.15) is 0 Å². The Bertz CT molecular complexity index is 794. The molecule has 150 valence electrons. The Morgan fingerprint density at radius 3 is 2.75 bits per heavy atom. The van der Waals surface area contributed by atoms with E-state index in [1.165, 1.54) is 12.8 Å². The number of imide groups is 1. The number of nitrogens with zero attached hydrogens (tertiary/aromatic N) is 1. The fourth-order valence-corrected chi connectivity index (χ4v) is 4.72. The fraction of sp³-hybridized carbons (Fsp3) is 0.571. The van der Waals surface area contributed by atoms with Gasteiger partial charge in [-0.25, -0.2) is 0 Å². The highest BCUT2D eigenvalue weighted by atomic mass is 16.2. The zero-order valence-electron chi connectivity index (χ0n) is 16.1. The molecular weight excluding hydrogens is 356 g/mol. The van der Waals surface area contributed by atoms with E-state index in [9.17, 15) is 14.4 Å². The molecule has 4 rings (SSSR count). The minimum absolute atomic E-state index is 0.115. The van der Waals surface area contributed by atoms with Crippen molar-refractivity contribution in [3.63, 3.8) is 0 Å². The summed E-state index contributed by atoms with van der Waals surface area (Å²) in [6.07, 6.45) is 5.36. The molecule has 2 aliphatic heterocycles. The minimum atomic E-state index is -0.571. The summed E-state index contributed by atoms with van der Waals surface area (Å²) < 4.78 is 0. The van der Waals surface area contributed by atoms with Crippen LogP contribution < -0.4 is 16.4 Å². The van der Waals surface area contributed by atoms with E-state index in [1.807, 2.05) is 18.2 Å². The highest BCUT2D eigenvalue weighted by Gasteiger charge is 2.39. The van der Waals surface area contributed by atoms with E-state index in [2.05, 4.69) is 10.6 Å². The standard InChI is InChI=1S/C21H28N4O3/c22-16-7-2-1-4-13(16)10-23-11-14-5-3-6-15-12-25(21(28)19(14)15)17-8-9-18(26)24-20(17)27/h3,5-6,13,16-17,23H,1-2,4,7-12,22H2,(H,24,26,27). The average Bonchev–Trinajstić information content (AvgIpc) is 3.01. The lowest BCUT2D eigenvalue weighted by Gasteiger charge is -2.29. The van der Waals surface area contributed by atoms with Crippen LogP contribution in [0.15, 0.2) is 18.2 Å². The lowest BCUT2D eigenvalue weighted by Crippen LogP contribution is -2.52. The van der Waals surface area contributed by atoms with Crippen molar-refractivity contribution in [3.05, 3.63) is 34.9 Å². The molecule has 1 saturated heterocycles. The minimum Gasteiger partial charge on any atom is -0.327 e. The van der Waals surface area contributed by atoms with E-state index in [-0.39, 0.29) is 30.2 Å². The smallest absolute Gasteiger partial charge is 0.255 e. The molecule has 0 spiro atoms. The molecule has 1 aromatic carbocycles. The molecule has 3 unspecified atom stereocenters. The first-order valence-electron chi connectivity index (χ1n) is 10.3. The van der Waals surface area contributed by atoms with E-state index >= 15 is 0 Å². The van der Waals surface area contributed by atoms with Crippen LogP contribution in [0.1, 0.15) is 60.0 Å². The summed E-state index contributed by atoms with van der Waals surface area (Å²) in [5, 5.41) is 5.83. The molecule has 0 aromatic heterocycles. The summed E-state index contributed by atoms with van der Waals surface area (Å²) in [5.74, 6) is -0.267. The Morgan fingerprint density at radius 1 is 1.14 bits per heavy atom. The molecular formula is C21H28N4O3. The first-order valence-corrected chi connectivity index (χ1v) is 10.3. The molecule has 3 amide bonds. The summed E-state index contributed by atoms with van der Waals surface area (Å²) in [7, 11) is 0. The lowest BCUT2D eigenvalue weighted by atomic mass is 9.85. The highest BCUT2D eigenvalue weighted by Crippen LogP contribution is 2.30. The van der Waals surface area contributed by atoms with Crippen LogP contribution in [0.5, 0.6) is 0 Å². The Kier molecular flexibility index (Phi) is 5.46. The molecule has 0 radical (unpaired) electrons. The number of amides is 3. The third-order valence-electron chi connectivity index (χ3n) is 6.33. The van der Waals surface area contributed by atoms with Crippen molar-refractivity contribution in [2.45, 2.75) is 63.7 Å². The van der Waals surface area contributed by atoms with Crippen LogP contribution in [-0.4, -0.2) is 41.2 Å². The molecule has 3 atom stereocenters. The molecule has 1 aromatic rings. The van der Waals surface area contributed by atoms with Gasteiger partial charge in [0.2, 0.25) is 11.8 Å². The second-order valence-electron chi connectivity index (χ2n) is 8.19. The van der Waals surface area contributed by atoms with Crippen LogP contribution in [0.3, 0.4) is 0 Å². The van der Waals surface area contributed by atoms with Crippen molar-refractivity contribution in [2.24, 2.45) is 11.7 Å². The lowest BCUT2D eigenvalue weighted by molar-refractivity contribution is -0.136. The molecule has 28 heavy (non-hydrogen) atoms. The van der Waals surface area contributed by atoms with Crippen LogP contribution >= 0.6 is 0 Å². The van der Waals surface area contributed by atoms with Gasteiger partial charge in [-0.3, -0.25) is 19.7 Å². The monoisotopic (exact) mass is 384 g/mol. The molecule has 4 N–H and O–H groups in total. The third kappa shape index (κ3) is 3.69. The molecule has 0 bridgehead atoms. The number of fused-ring (bicyclic) bond motifs is 1. The maximum absolute atomic E-state index is 13.1. The summed E-state index contributed by atoms with van der Waals surface area (Å²) >= 11 is 0. The Balaban J connectivity index is 1.43. The Labute approximate surface area is 165 Å². The van der Waals surface area contributed by atoms with E-state index in [1.54, 1.807) is 4.90 Å². The maximum atomic E-state index is 13.1. The molecule has 7 nitrogen and oxygen atoms in total. The zero-order valence-corrected chi connectivity index (χ0v) is 16.1. The van der Waals surface area contributed by atoms with Crippen molar-refractivity contribution in [1.29, 1.82) is 0 Å². The van der Waals surface area contributed by atoms with E-state index in [0.29, 0.717) is 31.0 Å². The van der Waals surface area contributed by atoms with Gasteiger partial charge >= 0.3 is 0 Å². The first kappa shape index (κ1) is 19.1. The summed E-state index contributed by atoms with van der Waals surface area (Å²) in [5.41, 5.74) is 8.84. The molecule has 1 aliphatic carbocycles.